The van der Waals surface area contributed by atoms with Crippen molar-refractivity contribution in [3.8, 4) is 11.1 Å². The van der Waals surface area contributed by atoms with Gasteiger partial charge in [0.25, 0.3) is 0 Å². The average Bonchev–Trinajstić information content (AvgIpc) is 3.70. The van der Waals surface area contributed by atoms with Crippen LogP contribution in [0, 0.1) is 36.7 Å². The molecular weight excluding hydrogens is 763 g/mol. The van der Waals surface area contributed by atoms with E-state index in [-0.39, 0.29) is 35.6 Å². The molecule has 4 saturated carbocycles. The summed E-state index contributed by atoms with van der Waals surface area (Å²) < 4.78 is 1.42. The molecule has 5 aromatic rings. The van der Waals surface area contributed by atoms with Gasteiger partial charge in [0.1, 0.15) is 0 Å². The fourth-order valence-corrected chi connectivity index (χ4v) is 10.4. The summed E-state index contributed by atoms with van der Waals surface area (Å²) in [5, 5.41) is 0. The van der Waals surface area contributed by atoms with E-state index < -0.39 is 0 Å². The van der Waals surface area contributed by atoms with Crippen LogP contribution in [0.1, 0.15) is 124 Å². The normalized spacial score (nSPS) is 21.8. The van der Waals surface area contributed by atoms with Crippen LogP contribution in [0.5, 0.6) is 0 Å². The fourth-order valence-electron chi connectivity index (χ4n) is 9.62. The van der Waals surface area contributed by atoms with Gasteiger partial charge in [0.2, 0.25) is 0 Å². The van der Waals surface area contributed by atoms with E-state index in [0.29, 0.717) is 0 Å². The number of hydrogen-bond acceptors (Lipinski definition) is 0. The van der Waals surface area contributed by atoms with Gasteiger partial charge in [-0.25, -0.2) is 6.07 Å². The SMILES string of the molecule is CC(C)(C)c1c[c-]c2c(c1)-c1cc(C(C)(C)C)ccc1C2.Cc1cc(C2C3CC4CC(C3)CC2C4)c[cH-]1.[Cl-].[Cl-].[Zr+2]=[C](c1ccccc1)c1ccccc1. The fraction of sp³-hybridized carbons (Fsp3) is 0.400. The average molecular weight is 819 g/mol. The minimum absolute atomic E-state index is 0. The summed E-state index contributed by atoms with van der Waals surface area (Å²) in [6.45, 7) is 15.9. The van der Waals surface area contributed by atoms with E-state index in [1.54, 1.807) is 37.7 Å². The van der Waals surface area contributed by atoms with Crippen molar-refractivity contribution in [2.75, 3.05) is 0 Å². The van der Waals surface area contributed by atoms with E-state index in [4.69, 9.17) is 0 Å². The zero-order valence-corrected chi connectivity index (χ0v) is 36.7. The number of benzene rings is 4. The molecule has 4 bridgehead atoms. The molecule has 53 heavy (non-hydrogen) atoms. The molecule has 0 saturated heterocycles. The molecule has 0 heterocycles. The van der Waals surface area contributed by atoms with Crippen LogP contribution in [0.2, 0.25) is 0 Å². The minimum atomic E-state index is 0. The Morgan fingerprint density at radius 1 is 0.660 bits per heavy atom. The van der Waals surface area contributed by atoms with Gasteiger partial charge in [0, 0.05) is 0 Å². The predicted octanol–water partition coefficient (Wildman–Crippen LogP) is 6.72. The van der Waals surface area contributed by atoms with Crippen LogP contribution in [-0.4, -0.2) is 3.21 Å². The summed E-state index contributed by atoms with van der Waals surface area (Å²) in [7, 11) is 0. The van der Waals surface area contributed by atoms with Crippen molar-refractivity contribution in [3.05, 3.63) is 160 Å². The zero-order valence-electron chi connectivity index (χ0n) is 32.8. The van der Waals surface area contributed by atoms with Crippen LogP contribution in [0.3, 0.4) is 0 Å². The first-order chi connectivity index (χ1) is 24.3. The van der Waals surface area contributed by atoms with Gasteiger partial charge in [-0.3, -0.25) is 0 Å². The molecule has 3 heteroatoms. The molecule has 0 amide bonds. The van der Waals surface area contributed by atoms with Crippen molar-refractivity contribution in [1.82, 2.24) is 0 Å². The maximum atomic E-state index is 3.53. The third kappa shape index (κ3) is 9.51. The van der Waals surface area contributed by atoms with Crippen molar-refractivity contribution in [2.24, 2.45) is 23.7 Å². The molecule has 0 N–H and O–H groups in total. The molecule has 5 aliphatic carbocycles. The van der Waals surface area contributed by atoms with Crippen LogP contribution < -0.4 is 24.8 Å². The van der Waals surface area contributed by atoms with Gasteiger partial charge in [-0.05, 0) is 73.2 Å². The van der Waals surface area contributed by atoms with E-state index in [0.717, 1.165) is 36.0 Å². The molecule has 0 radical (unpaired) electrons. The molecule has 5 aromatic carbocycles. The second-order valence-electron chi connectivity index (χ2n) is 18.1. The van der Waals surface area contributed by atoms with Gasteiger partial charge in [-0.15, -0.1) is 5.56 Å². The Morgan fingerprint density at radius 2 is 1.19 bits per heavy atom. The Kier molecular flexibility index (Phi) is 13.5. The van der Waals surface area contributed by atoms with Crippen molar-refractivity contribution in [2.45, 2.75) is 104 Å². The molecule has 0 aliphatic heterocycles. The van der Waals surface area contributed by atoms with Crippen molar-refractivity contribution in [1.29, 1.82) is 0 Å². The van der Waals surface area contributed by atoms with Gasteiger partial charge in [0.15, 0.2) is 0 Å². The molecule has 276 valence electrons. The standard InChI is InChI=1S/C21H25.C16H21.C13H10.2ClH.Zr/c1-20(2,3)16-9-7-14-11-15-8-10-17(21(4,5)6)13-19(15)18(14)12-16;1-10-2-3-13(4-10)16-14-6-11-5-12(8-14)9-15(16)7-11;1-3-7-12(8-4-1)11-13-9-5-2-6-10-13;;;/h7,9-10,12-13H,11H2,1-6H3;2-4,11-12,14-16H,5-9H2,1H3;1-10H;2*1H;/q2*-1;;;;+2/p-2. The van der Waals surface area contributed by atoms with Gasteiger partial charge in [-0.1, -0.05) is 89.1 Å². The quantitative estimate of drug-likeness (QED) is 0.174. The number of fused-ring (bicyclic) bond motifs is 3. The van der Waals surface area contributed by atoms with Gasteiger partial charge >= 0.3 is 99.2 Å². The molecule has 4 fully saturated rings. The second-order valence-corrected chi connectivity index (χ2v) is 19.3. The second kappa shape index (κ2) is 17.1. The summed E-state index contributed by atoms with van der Waals surface area (Å²) >= 11 is 1.46. The van der Waals surface area contributed by atoms with E-state index in [2.05, 4.69) is 164 Å². The monoisotopic (exact) mass is 816 g/mol. The van der Waals surface area contributed by atoms with Crippen LogP contribution in [-0.2, 0) is 41.5 Å². The third-order valence-corrected chi connectivity index (χ3v) is 13.6. The summed E-state index contributed by atoms with van der Waals surface area (Å²) in [4.78, 5) is 0. The van der Waals surface area contributed by atoms with Crippen molar-refractivity contribution >= 4 is 3.21 Å². The molecule has 0 nitrogen and oxygen atoms in total. The number of rotatable bonds is 3. The first-order valence-corrected chi connectivity index (χ1v) is 20.7. The van der Waals surface area contributed by atoms with Crippen LogP contribution in [0.25, 0.3) is 11.1 Å². The topological polar surface area (TPSA) is 0 Å². The summed E-state index contributed by atoms with van der Waals surface area (Å²) in [6, 6.07) is 43.3. The Balaban J connectivity index is 0.000000154. The summed E-state index contributed by atoms with van der Waals surface area (Å²) in [5.74, 6) is 5.22. The molecular formula is C50H56Cl2Zr-2. The van der Waals surface area contributed by atoms with E-state index >= 15 is 0 Å². The molecule has 10 rings (SSSR count). The molecule has 0 spiro atoms. The first kappa shape index (κ1) is 41.7. The van der Waals surface area contributed by atoms with Gasteiger partial charge in [0.05, 0.1) is 0 Å². The molecule has 0 unspecified atom stereocenters. The Labute approximate surface area is 348 Å². The maximum absolute atomic E-state index is 3.53. The zero-order chi connectivity index (χ0) is 35.9. The number of aryl methyl sites for hydroxylation is 1. The van der Waals surface area contributed by atoms with Crippen LogP contribution in [0.4, 0.5) is 0 Å². The number of halogens is 2. The molecule has 0 atom stereocenters. The van der Waals surface area contributed by atoms with Crippen molar-refractivity contribution in [3.63, 3.8) is 0 Å². The van der Waals surface area contributed by atoms with Gasteiger partial charge < -0.3 is 24.8 Å². The number of hydrogen-bond donors (Lipinski definition) is 0. The van der Waals surface area contributed by atoms with E-state index in [1.165, 1.54) is 77.5 Å². The summed E-state index contributed by atoms with van der Waals surface area (Å²) in [6.07, 6.45) is 8.77. The molecule has 0 aromatic heterocycles. The van der Waals surface area contributed by atoms with Crippen molar-refractivity contribution < 1.29 is 49.0 Å². The van der Waals surface area contributed by atoms with Crippen LogP contribution in [0.15, 0.2) is 109 Å². The summed E-state index contributed by atoms with van der Waals surface area (Å²) in [5.41, 5.74) is 14.6. The first-order valence-electron chi connectivity index (χ1n) is 19.4. The molecule has 5 aliphatic rings. The van der Waals surface area contributed by atoms with Crippen LogP contribution >= 0.6 is 0 Å². The Hall–Kier alpha value is -2.44. The Morgan fingerprint density at radius 3 is 1.68 bits per heavy atom. The van der Waals surface area contributed by atoms with Gasteiger partial charge in [-0.2, -0.15) is 52.6 Å². The third-order valence-electron chi connectivity index (χ3n) is 12.2. The predicted molar refractivity (Wildman–Crippen MR) is 214 cm³/mol. The Bertz CT molecular complexity index is 1840. The van der Waals surface area contributed by atoms with E-state index in [1.807, 2.05) is 0 Å². The van der Waals surface area contributed by atoms with E-state index in [9.17, 15) is 0 Å².